The van der Waals surface area contributed by atoms with Gasteiger partial charge >= 0.3 is 5.97 Å². The van der Waals surface area contributed by atoms with Crippen molar-refractivity contribution in [3.63, 3.8) is 0 Å². The van der Waals surface area contributed by atoms with E-state index in [1.54, 1.807) is 6.08 Å². The molecule has 6 heteroatoms. The minimum atomic E-state index is -0.841. The third-order valence-corrected chi connectivity index (χ3v) is 20.0. The fourth-order valence-electron chi connectivity index (χ4n) is 13.6. The van der Waals surface area contributed by atoms with Crippen molar-refractivity contribution in [3.05, 3.63) is 24.3 Å². The Balaban J connectivity index is 3.31. The van der Waals surface area contributed by atoms with Crippen LogP contribution in [0.3, 0.4) is 0 Å². The number of aliphatic hydroxyl groups excluding tert-OH is 2. The molecule has 0 aromatic heterocycles. The summed E-state index contributed by atoms with van der Waals surface area (Å²) >= 11 is 0. The molecule has 0 aliphatic carbocycles. The highest BCUT2D eigenvalue weighted by Gasteiger charge is 2.18. The molecule has 0 spiro atoms. The average molecular weight is 1280 g/mol. The van der Waals surface area contributed by atoms with Crippen molar-refractivity contribution in [1.82, 2.24) is 5.32 Å². The van der Waals surface area contributed by atoms with Gasteiger partial charge in [0.1, 0.15) is 0 Å². The van der Waals surface area contributed by atoms with Crippen molar-refractivity contribution in [2.45, 2.75) is 495 Å². The van der Waals surface area contributed by atoms with Gasteiger partial charge in [-0.3, -0.25) is 9.59 Å². The molecule has 540 valence electrons. The summed E-state index contributed by atoms with van der Waals surface area (Å²) in [7, 11) is 0. The maximum absolute atomic E-state index is 12.5. The van der Waals surface area contributed by atoms with Crippen molar-refractivity contribution < 1.29 is 24.5 Å². The monoisotopic (exact) mass is 1280 g/mol. The number of ether oxygens (including phenoxy) is 1. The zero-order valence-electron chi connectivity index (χ0n) is 62.1. The molecule has 0 aliphatic rings. The van der Waals surface area contributed by atoms with Crippen molar-refractivity contribution in [1.29, 1.82) is 0 Å². The van der Waals surface area contributed by atoms with Gasteiger partial charge in [-0.25, -0.2) is 0 Å². The lowest BCUT2D eigenvalue weighted by atomic mass is 10.0. The van der Waals surface area contributed by atoms with Gasteiger partial charge in [0.2, 0.25) is 5.91 Å². The van der Waals surface area contributed by atoms with E-state index >= 15 is 0 Å². The maximum Gasteiger partial charge on any atom is 0.305 e. The Kier molecular flexibility index (Phi) is 79.3. The largest absolute Gasteiger partial charge is 0.466 e. The summed E-state index contributed by atoms with van der Waals surface area (Å²) in [6, 6.07) is -0.624. The molecule has 0 aromatic carbocycles. The summed E-state index contributed by atoms with van der Waals surface area (Å²) in [5.41, 5.74) is 0. The highest BCUT2D eigenvalue weighted by molar-refractivity contribution is 5.76. The van der Waals surface area contributed by atoms with Crippen molar-refractivity contribution in [2.24, 2.45) is 0 Å². The van der Waals surface area contributed by atoms with Crippen LogP contribution in [0, 0.1) is 0 Å². The Morgan fingerprint density at radius 3 is 0.780 bits per heavy atom. The van der Waals surface area contributed by atoms with Crippen LogP contribution < -0.4 is 5.32 Å². The first-order valence-electron chi connectivity index (χ1n) is 42.1. The van der Waals surface area contributed by atoms with E-state index in [2.05, 4.69) is 31.3 Å². The van der Waals surface area contributed by atoms with E-state index in [4.69, 9.17) is 4.74 Å². The van der Waals surface area contributed by atoms with E-state index < -0.39 is 12.1 Å². The van der Waals surface area contributed by atoms with Gasteiger partial charge in [0.05, 0.1) is 25.4 Å². The topological polar surface area (TPSA) is 95.9 Å². The second kappa shape index (κ2) is 80.8. The Bertz CT molecular complexity index is 1430. The maximum atomic E-state index is 12.5. The summed E-state index contributed by atoms with van der Waals surface area (Å²) in [6.45, 7) is 4.95. The minimum Gasteiger partial charge on any atom is -0.466 e. The number of carbonyl (C=O) groups is 2. The van der Waals surface area contributed by atoms with Crippen LogP contribution in [0.4, 0.5) is 0 Å². The number of amides is 1. The van der Waals surface area contributed by atoms with E-state index in [0.717, 1.165) is 44.9 Å². The predicted octanol–water partition coefficient (Wildman–Crippen LogP) is 28.0. The summed E-state index contributed by atoms with van der Waals surface area (Å²) in [4.78, 5) is 24.6. The van der Waals surface area contributed by atoms with Gasteiger partial charge in [-0.05, 0) is 57.8 Å². The molecule has 0 bridgehead atoms. The van der Waals surface area contributed by atoms with Gasteiger partial charge < -0.3 is 20.3 Å². The van der Waals surface area contributed by atoms with Crippen molar-refractivity contribution in [3.8, 4) is 0 Å². The molecule has 0 fully saturated rings. The second-order valence-corrected chi connectivity index (χ2v) is 29.2. The number of rotatable bonds is 80. The molecule has 0 saturated carbocycles. The highest BCUT2D eigenvalue weighted by Crippen LogP contribution is 2.21. The van der Waals surface area contributed by atoms with E-state index in [1.165, 1.54) is 411 Å². The zero-order valence-corrected chi connectivity index (χ0v) is 62.1. The van der Waals surface area contributed by atoms with Crippen LogP contribution in [0.2, 0.25) is 0 Å². The molecule has 0 aliphatic heterocycles. The average Bonchev–Trinajstić information content (AvgIpc) is 3.74. The van der Waals surface area contributed by atoms with E-state index in [0.29, 0.717) is 19.4 Å². The fraction of sp³-hybridized carbons (Fsp3) is 0.929. The van der Waals surface area contributed by atoms with E-state index in [-0.39, 0.29) is 18.5 Å². The molecule has 2 unspecified atom stereocenters. The predicted molar refractivity (Wildman–Crippen MR) is 403 cm³/mol. The molecule has 1 amide bonds. The Labute approximate surface area is 571 Å². The van der Waals surface area contributed by atoms with Gasteiger partial charge in [-0.1, -0.05) is 436 Å². The lowest BCUT2D eigenvalue weighted by Gasteiger charge is -2.20. The SMILES string of the molecule is CCCCCCCC/C=C\CCCCCCCC(=O)OCCCCCCCCCCCCCCCCCCCCCCCCCCCCCCCCCCCCCCCCCC(=O)NC(CO)C(O)/C=C/CCCCCCCCCCCCCCCCCCCC. The van der Waals surface area contributed by atoms with Crippen LogP contribution >= 0.6 is 0 Å². The summed E-state index contributed by atoms with van der Waals surface area (Å²) in [6.07, 6.45) is 105. The van der Waals surface area contributed by atoms with Gasteiger partial charge in [-0.15, -0.1) is 0 Å². The number of nitrogens with one attached hydrogen (secondary N) is 1. The molecule has 0 saturated heterocycles. The number of unbranched alkanes of at least 4 members (excludes halogenated alkanes) is 67. The second-order valence-electron chi connectivity index (χ2n) is 29.2. The number of aliphatic hydroxyl groups is 2. The number of carbonyl (C=O) groups excluding carboxylic acids is 2. The smallest absolute Gasteiger partial charge is 0.305 e. The lowest BCUT2D eigenvalue weighted by molar-refractivity contribution is -0.143. The molecule has 6 nitrogen and oxygen atoms in total. The molecule has 91 heavy (non-hydrogen) atoms. The Hall–Kier alpha value is -1.66. The van der Waals surface area contributed by atoms with Gasteiger partial charge in [0.25, 0.3) is 0 Å². The fourth-order valence-corrected chi connectivity index (χ4v) is 13.6. The van der Waals surface area contributed by atoms with Crippen molar-refractivity contribution >= 4 is 11.9 Å². The van der Waals surface area contributed by atoms with Crippen LogP contribution in [-0.4, -0.2) is 47.4 Å². The number of allylic oxidation sites excluding steroid dienone is 3. The molecule has 0 heterocycles. The van der Waals surface area contributed by atoms with Crippen LogP contribution in [0.15, 0.2) is 24.3 Å². The molecule has 3 N–H and O–H groups in total. The first kappa shape index (κ1) is 89.3. The molecular formula is C85H165NO5. The molecule has 2 atom stereocenters. The minimum absolute atomic E-state index is 0.0169. The lowest BCUT2D eigenvalue weighted by Crippen LogP contribution is -2.45. The van der Waals surface area contributed by atoms with E-state index in [1.807, 2.05) is 6.08 Å². The third kappa shape index (κ3) is 77.2. The zero-order chi connectivity index (χ0) is 65.6. The molecular weight excluding hydrogens is 1110 g/mol. The van der Waals surface area contributed by atoms with Gasteiger partial charge in [0, 0.05) is 12.8 Å². The first-order chi connectivity index (χ1) is 45.0. The number of esters is 1. The Morgan fingerprint density at radius 1 is 0.297 bits per heavy atom. The summed E-state index contributed by atoms with van der Waals surface area (Å²) < 4.78 is 5.50. The molecule has 0 rings (SSSR count). The summed E-state index contributed by atoms with van der Waals surface area (Å²) in [5, 5.41) is 23.3. The normalized spacial score (nSPS) is 12.5. The standard InChI is InChI=1S/C85H165NO5/c1-3-5-7-9-11-13-15-17-19-20-21-43-46-50-53-57-61-65-69-73-77-83(88)82(81-87)86-84(89)78-74-70-66-62-58-54-51-47-44-41-39-37-35-33-31-29-27-25-23-22-24-26-28-30-32-34-36-38-40-42-45-48-52-56-60-64-68-72-76-80-91-85(90)79-75-71-67-63-59-55-49-18-16-14-12-10-8-6-4-2/h18,49,73,77,82-83,87-88H,3-17,19-48,50-72,74-76,78-81H2,1-2H3,(H,86,89)/b49-18-,77-73+. The first-order valence-corrected chi connectivity index (χ1v) is 42.1. The quantitative estimate of drug-likeness (QED) is 0.0320. The highest BCUT2D eigenvalue weighted by atomic mass is 16.5. The molecule has 0 aromatic rings. The third-order valence-electron chi connectivity index (χ3n) is 20.0. The number of hydrogen-bond acceptors (Lipinski definition) is 5. The van der Waals surface area contributed by atoms with E-state index in [9.17, 15) is 19.8 Å². The van der Waals surface area contributed by atoms with Crippen LogP contribution in [0.5, 0.6) is 0 Å². The number of hydrogen-bond donors (Lipinski definition) is 3. The van der Waals surface area contributed by atoms with Crippen LogP contribution in [0.25, 0.3) is 0 Å². The van der Waals surface area contributed by atoms with Gasteiger partial charge in [-0.2, -0.15) is 0 Å². The summed E-state index contributed by atoms with van der Waals surface area (Å²) in [5.74, 6) is -0.0400. The van der Waals surface area contributed by atoms with Crippen LogP contribution in [0.1, 0.15) is 483 Å². The Morgan fingerprint density at radius 2 is 0.516 bits per heavy atom. The van der Waals surface area contributed by atoms with Crippen LogP contribution in [-0.2, 0) is 14.3 Å². The molecule has 0 radical (unpaired) electrons. The van der Waals surface area contributed by atoms with Crippen molar-refractivity contribution in [2.75, 3.05) is 13.2 Å². The van der Waals surface area contributed by atoms with Gasteiger partial charge in [0.15, 0.2) is 0 Å².